The molecule has 632 valence electrons. The van der Waals surface area contributed by atoms with Gasteiger partial charge in [0.25, 0.3) is 23.6 Å². The Morgan fingerprint density at radius 2 is 0.458 bits per heavy atom. The van der Waals surface area contributed by atoms with E-state index in [2.05, 4.69) is 0 Å². The van der Waals surface area contributed by atoms with Crippen molar-refractivity contribution >= 4 is 140 Å². The Hall–Kier alpha value is -8.32. The molecule has 0 spiro atoms. The van der Waals surface area contributed by atoms with Gasteiger partial charge in [-0.2, -0.15) is 0 Å². The lowest BCUT2D eigenvalue weighted by atomic mass is 9.91. The summed E-state index contributed by atoms with van der Waals surface area (Å²) in [6.45, 7) is 2.52. The van der Waals surface area contributed by atoms with Crippen LogP contribution in [0.3, 0.4) is 0 Å². The second-order valence-electron chi connectivity index (χ2n) is 31.2. The van der Waals surface area contributed by atoms with Gasteiger partial charge in [-0.1, -0.05) is 190 Å². The van der Waals surface area contributed by atoms with Crippen molar-refractivity contribution in [2.75, 3.05) is 54.6 Å². The SMILES string of the molecule is COC(=O)C[C@@H]1O[C@@H](c2cccc(Cl)c2)[C@H](c2ccc(Cl)cc2)N(CC2CC2)C1=O.COC(=O)C[C@@H]1O[C@H](c2cccc(Cl)c2)[C@@H](c2ccc(Cl)cc2)N(CC2CC2)C1=O.COC(=O)C[C@H]1O[C@@H](c2cccc(Cl)c2)[C@H](c2ccc(Cl)cc2)N(CC2CC2)C1=O.COC(=O)C[C@H]1O[C@H](c2cccc(Cl)c2)[C@@H](c2ccc(Cl)cc2)N(CC2CC2)C1=O. The van der Waals surface area contributed by atoms with Gasteiger partial charge in [-0.25, -0.2) is 0 Å². The van der Waals surface area contributed by atoms with Gasteiger partial charge in [0.1, 0.15) is 48.8 Å². The molecule has 4 aliphatic carbocycles. The second-order valence-corrected chi connectivity index (χ2v) is 34.7. The number of methoxy groups -OCH3 is 4. The molecule has 0 N–H and O–H groups in total. The lowest BCUT2D eigenvalue weighted by molar-refractivity contribution is -0.180. The fraction of sp³-hybridized carbons (Fsp3) is 0.391. The molecule has 4 aliphatic heterocycles. The zero-order valence-corrected chi connectivity index (χ0v) is 72.4. The van der Waals surface area contributed by atoms with Crippen LogP contribution in [0.1, 0.15) is 170 Å². The minimum absolute atomic E-state index is 0.124. The number of amides is 4. The van der Waals surface area contributed by atoms with E-state index in [4.69, 9.17) is 131 Å². The molecule has 8 aliphatic rings. The molecule has 4 saturated carbocycles. The largest absolute Gasteiger partial charge is 0.469 e. The number of halogens is 8. The highest BCUT2D eigenvalue weighted by atomic mass is 35.5. The Morgan fingerprint density at radius 1 is 0.275 bits per heavy atom. The van der Waals surface area contributed by atoms with E-state index in [0.29, 0.717) is 90.0 Å². The van der Waals surface area contributed by atoms with E-state index in [-0.39, 0.29) is 73.5 Å². The zero-order chi connectivity index (χ0) is 85.0. The van der Waals surface area contributed by atoms with E-state index < -0.39 is 72.7 Å². The van der Waals surface area contributed by atoms with Crippen LogP contribution in [0.15, 0.2) is 194 Å². The molecule has 12 atom stereocenters. The van der Waals surface area contributed by atoms with E-state index in [0.717, 1.165) is 95.9 Å². The molecular weight excluding hydrogens is 1700 g/mol. The van der Waals surface area contributed by atoms with Crippen LogP contribution >= 0.6 is 92.8 Å². The Kier molecular flexibility index (Phi) is 30.7. The summed E-state index contributed by atoms with van der Waals surface area (Å²) < 4.78 is 44.2. The van der Waals surface area contributed by atoms with Crippen molar-refractivity contribution in [3.05, 3.63) is 279 Å². The molecule has 4 amide bonds. The molecule has 8 aromatic carbocycles. The normalized spacial score (nSPS) is 24.0. The summed E-state index contributed by atoms with van der Waals surface area (Å²) in [5, 5.41) is 4.83. The third kappa shape index (κ3) is 23.3. The molecule has 8 aromatic rings. The molecule has 0 bridgehead atoms. The summed E-state index contributed by atoms with van der Waals surface area (Å²) in [7, 11) is 5.23. The molecule has 4 heterocycles. The average Bonchev–Trinajstić information content (AvgIpc) is 1.28. The number of benzene rings is 8. The summed E-state index contributed by atoms with van der Waals surface area (Å²) in [5.41, 5.74) is 7.11. The Morgan fingerprint density at radius 3 is 0.617 bits per heavy atom. The van der Waals surface area contributed by atoms with Gasteiger partial charge in [0.2, 0.25) is 0 Å². The minimum Gasteiger partial charge on any atom is -0.469 e. The third-order valence-corrected chi connectivity index (χ3v) is 24.4. The third-order valence-electron chi connectivity index (χ3n) is 22.4. The standard InChI is InChI=1S/4C23H23Cl2NO4/c4*1-29-20(27)12-19-23(28)26(13-14-5-6-14)21(15-7-9-17(24)10-8-15)22(30-19)16-3-2-4-18(25)11-16/h4*2-4,7-11,14,19,21-22H,5-6,12-13H2,1H3/t2*19-,21+,22+;2*19-,21-,22-/m1010/s1. The summed E-state index contributed by atoms with van der Waals surface area (Å²) in [6, 6.07) is 58.2. The summed E-state index contributed by atoms with van der Waals surface area (Å²) in [6.07, 6.45) is 2.79. The maximum atomic E-state index is 13.4. The van der Waals surface area contributed by atoms with Gasteiger partial charge in [0, 0.05) is 66.4 Å². The van der Waals surface area contributed by atoms with Crippen molar-refractivity contribution in [3.63, 3.8) is 0 Å². The number of ether oxygens (including phenoxy) is 8. The molecule has 4 saturated heterocycles. The lowest BCUT2D eigenvalue weighted by Crippen LogP contribution is -2.52. The summed E-state index contributed by atoms with van der Waals surface area (Å²) in [5.74, 6) is -0.775. The predicted molar refractivity (Wildman–Crippen MR) is 457 cm³/mol. The van der Waals surface area contributed by atoms with Crippen molar-refractivity contribution < 1.29 is 76.3 Å². The Balaban J connectivity index is 0.000000138. The van der Waals surface area contributed by atoms with E-state index in [9.17, 15) is 38.4 Å². The van der Waals surface area contributed by atoms with Crippen molar-refractivity contribution in [2.45, 2.75) is 150 Å². The number of nitrogens with zero attached hydrogens (tertiary/aromatic N) is 4. The topological polar surface area (TPSA) is 223 Å². The minimum atomic E-state index is -0.899. The van der Waals surface area contributed by atoms with E-state index in [1.165, 1.54) is 28.4 Å². The van der Waals surface area contributed by atoms with Gasteiger partial charge in [-0.3, -0.25) is 38.4 Å². The molecule has 8 fully saturated rings. The van der Waals surface area contributed by atoms with Gasteiger partial charge in [0.15, 0.2) is 0 Å². The summed E-state index contributed by atoms with van der Waals surface area (Å²) >= 11 is 49.4. The second kappa shape index (κ2) is 41.2. The number of hydrogen-bond acceptors (Lipinski definition) is 16. The van der Waals surface area contributed by atoms with Gasteiger partial charge in [-0.05, 0) is 217 Å². The predicted octanol–water partition coefficient (Wildman–Crippen LogP) is 19.9. The van der Waals surface area contributed by atoms with Gasteiger partial charge < -0.3 is 57.5 Å². The van der Waals surface area contributed by atoms with Crippen molar-refractivity contribution in [2.24, 2.45) is 23.7 Å². The Bertz CT molecular complexity index is 4330. The van der Waals surface area contributed by atoms with E-state index in [1.54, 1.807) is 24.3 Å². The van der Waals surface area contributed by atoms with Crippen LogP contribution in [-0.4, -0.2) is 146 Å². The highest BCUT2D eigenvalue weighted by Gasteiger charge is 2.51. The fourth-order valence-electron chi connectivity index (χ4n) is 15.6. The maximum Gasteiger partial charge on any atom is 0.308 e. The first-order valence-electron chi connectivity index (χ1n) is 40.0. The monoisotopic (exact) mass is 1790 g/mol. The maximum absolute atomic E-state index is 13.4. The zero-order valence-electron chi connectivity index (χ0n) is 66.4. The fourth-order valence-corrected chi connectivity index (χ4v) is 16.9. The summed E-state index contributed by atoms with van der Waals surface area (Å²) in [4.78, 5) is 109. The number of carbonyl (C=O) groups excluding carboxylic acids is 8. The van der Waals surface area contributed by atoms with Crippen LogP contribution < -0.4 is 0 Å². The van der Waals surface area contributed by atoms with E-state index in [1.807, 2.05) is 189 Å². The molecule has 0 unspecified atom stereocenters. The van der Waals surface area contributed by atoms with Crippen LogP contribution in [0.4, 0.5) is 0 Å². The molecule has 0 radical (unpaired) electrons. The highest BCUT2D eigenvalue weighted by Crippen LogP contribution is 2.51. The number of morpholine rings is 4. The molecule has 28 heteroatoms. The van der Waals surface area contributed by atoms with Gasteiger partial charge in [-0.15, -0.1) is 0 Å². The quantitative estimate of drug-likeness (QED) is 0.0405. The number of carbonyl (C=O) groups is 8. The smallest absolute Gasteiger partial charge is 0.308 e. The molecular formula is C92H92Cl8N4O16. The van der Waals surface area contributed by atoms with E-state index >= 15 is 0 Å². The first kappa shape index (κ1) is 89.4. The number of rotatable bonds is 24. The molecule has 16 rings (SSSR count). The molecule has 20 nitrogen and oxygen atoms in total. The van der Waals surface area contributed by atoms with Crippen LogP contribution in [0, 0.1) is 23.7 Å². The highest BCUT2D eigenvalue weighted by molar-refractivity contribution is 6.32. The molecule has 120 heavy (non-hydrogen) atoms. The number of esters is 4. The van der Waals surface area contributed by atoms with Gasteiger partial charge >= 0.3 is 23.9 Å². The lowest BCUT2D eigenvalue weighted by Gasteiger charge is -2.45. The first-order chi connectivity index (χ1) is 57.8. The number of hydrogen-bond donors (Lipinski definition) is 0. The first-order valence-corrected chi connectivity index (χ1v) is 43.0. The van der Waals surface area contributed by atoms with Gasteiger partial charge in [0.05, 0.1) is 78.3 Å². The van der Waals surface area contributed by atoms with Crippen molar-refractivity contribution in [3.8, 4) is 0 Å². The van der Waals surface area contributed by atoms with Crippen LogP contribution in [0.2, 0.25) is 40.2 Å². The van der Waals surface area contributed by atoms with Crippen LogP contribution in [0.25, 0.3) is 0 Å². The average molecular weight is 1790 g/mol. The van der Waals surface area contributed by atoms with Crippen LogP contribution in [-0.2, 0) is 76.3 Å². The van der Waals surface area contributed by atoms with Crippen molar-refractivity contribution in [1.82, 2.24) is 19.6 Å². The Labute approximate surface area is 738 Å². The van der Waals surface area contributed by atoms with Crippen molar-refractivity contribution in [1.29, 1.82) is 0 Å². The van der Waals surface area contributed by atoms with Crippen LogP contribution in [0.5, 0.6) is 0 Å². The molecule has 0 aromatic heterocycles.